The molecule has 0 saturated carbocycles. The van der Waals surface area contributed by atoms with Crippen LogP contribution in [0, 0.1) is 0 Å². The summed E-state index contributed by atoms with van der Waals surface area (Å²) in [5.41, 5.74) is 10.2. The number of alkyl halides is 2. The number of halogens is 2. The average molecular weight is 201 g/mol. The summed E-state index contributed by atoms with van der Waals surface area (Å²) >= 11 is 0. The van der Waals surface area contributed by atoms with Crippen molar-refractivity contribution in [2.45, 2.75) is 13.0 Å². The molecule has 4 nitrogen and oxygen atoms in total. The van der Waals surface area contributed by atoms with E-state index in [1.165, 1.54) is 0 Å². The fourth-order valence-electron chi connectivity index (χ4n) is 1.17. The molecule has 0 radical (unpaired) electrons. The molecular formula is C8H9F2N3O. The van der Waals surface area contributed by atoms with Gasteiger partial charge in [0.2, 0.25) is 0 Å². The van der Waals surface area contributed by atoms with E-state index in [1.807, 2.05) is 0 Å². The zero-order valence-electron chi connectivity index (χ0n) is 7.21. The normalized spacial score (nSPS) is 10.6. The largest absolute Gasteiger partial charge is 0.383 e. The number of carbonyl (C=O) groups excluding carboxylic acids is 1. The van der Waals surface area contributed by atoms with E-state index in [1.54, 1.807) is 0 Å². The third kappa shape index (κ3) is 1.69. The van der Waals surface area contributed by atoms with E-state index >= 15 is 0 Å². The summed E-state index contributed by atoms with van der Waals surface area (Å²) in [6, 6.07) is 0. The van der Waals surface area contributed by atoms with Gasteiger partial charge < -0.3 is 11.5 Å². The molecule has 0 amide bonds. The van der Waals surface area contributed by atoms with Crippen LogP contribution in [0.5, 0.6) is 0 Å². The Labute approximate surface area is 78.9 Å². The summed E-state index contributed by atoms with van der Waals surface area (Å²) in [5, 5.41) is 0. The van der Waals surface area contributed by atoms with Crippen molar-refractivity contribution in [2.75, 3.05) is 5.73 Å². The number of hydrogen-bond acceptors (Lipinski definition) is 4. The number of nitrogens with zero attached hydrogens (tertiary/aromatic N) is 1. The van der Waals surface area contributed by atoms with Crippen LogP contribution in [0.4, 0.5) is 14.6 Å². The summed E-state index contributed by atoms with van der Waals surface area (Å²) in [7, 11) is 0. The van der Waals surface area contributed by atoms with Crippen LogP contribution in [0.1, 0.15) is 27.9 Å². The lowest BCUT2D eigenvalue weighted by atomic mass is 10.0. The van der Waals surface area contributed by atoms with Gasteiger partial charge in [-0.2, -0.15) is 0 Å². The van der Waals surface area contributed by atoms with Crippen LogP contribution < -0.4 is 11.5 Å². The van der Waals surface area contributed by atoms with Crippen LogP contribution >= 0.6 is 0 Å². The van der Waals surface area contributed by atoms with Gasteiger partial charge in [-0.25, -0.2) is 13.8 Å². The number of nitrogen functional groups attached to an aromatic ring is 1. The Morgan fingerprint density at radius 2 is 2.21 bits per heavy atom. The van der Waals surface area contributed by atoms with Gasteiger partial charge in [-0.1, -0.05) is 0 Å². The Balaban J connectivity index is 3.42. The lowest BCUT2D eigenvalue weighted by Crippen LogP contribution is -2.10. The Morgan fingerprint density at radius 3 is 2.64 bits per heavy atom. The maximum absolute atomic E-state index is 12.5. The highest BCUT2D eigenvalue weighted by Gasteiger charge is 2.19. The molecule has 0 unspecified atom stereocenters. The standard InChI is InChI=1S/C8H9F2N3O/c9-7(10)6-5(1-11)4(3-14)2-13-8(6)12/h2-3,7H,1,11H2,(H2,12,13). The Morgan fingerprint density at radius 1 is 1.57 bits per heavy atom. The van der Waals surface area contributed by atoms with Crippen molar-refractivity contribution < 1.29 is 13.6 Å². The maximum Gasteiger partial charge on any atom is 0.267 e. The average Bonchev–Trinajstić information content (AvgIpc) is 2.16. The highest BCUT2D eigenvalue weighted by atomic mass is 19.3. The van der Waals surface area contributed by atoms with E-state index in [0.717, 1.165) is 6.20 Å². The smallest absolute Gasteiger partial charge is 0.267 e. The molecule has 1 aromatic rings. The Bertz CT molecular complexity index is 355. The van der Waals surface area contributed by atoms with Crippen molar-refractivity contribution in [2.24, 2.45) is 5.73 Å². The lowest BCUT2D eigenvalue weighted by molar-refractivity contribution is 0.112. The summed E-state index contributed by atoms with van der Waals surface area (Å²) in [6.45, 7) is -0.166. The summed E-state index contributed by atoms with van der Waals surface area (Å²) < 4.78 is 25.0. The van der Waals surface area contributed by atoms with E-state index in [-0.39, 0.29) is 23.5 Å². The molecule has 0 fully saturated rings. The number of rotatable bonds is 3. The second-order valence-electron chi connectivity index (χ2n) is 2.61. The molecule has 6 heteroatoms. The molecule has 0 saturated heterocycles. The molecule has 0 aliphatic carbocycles. The predicted molar refractivity (Wildman–Crippen MR) is 46.9 cm³/mol. The first-order valence-electron chi connectivity index (χ1n) is 3.82. The molecular weight excluding hydrogens is 192 g/mol. The number of carbonyl (C=O) groups is 1. The summed E-state index contributed by atoms with van der Waals surface area (Å²) in [4.78, 5) is 14.0. The molecule has 14 heavy (non-hydrogen) atoms. The number of nitrogens with two attached hydrogens (primary N) is 2. The first-order valence-corrected chi connectivity index (χ1v) is 3.82. The molecule has 1 heterocycles. The topological polar surface area (TPSA) is 82.0 Å². The Hall–Kier alpha value is -1.56. The minimum atomic E-state index is -2.78. The molecule has 4 N–H and O–H groups in total. The molecule has 1 rings (SSSR count). The third-order valence-electron chi connectivity index (χ3n) is 1.84. The molecule has 0 aliphatic heterocycles. The number of hydrogen-bond donors (Lipinski definition) is 2. The molecule has 0 bridgehead atoms. The zero-order valence-corrected chi connectivity index (χ0v) is 7.21. The summed E-state index contributed by atoms with van der Waals surface area (Å²) in [5.74, 6) is -0.286. The second kappa shape index (κ2) is 4.10. The number of aldehydes is 1. The first kappa shape index (κ1) is 10.5. The van der Waals surface area contributed by atoms with Crippen LogP contribution in [0.3, 0.4) is 0 Å². The van der Waals surface area contributed by atoms with Gasteiger partial charge in [-0.15, -0.1) is 0 Å². The number of anilines is 1. The fourth-order valence-corrected chi connectivity index (χ4v) is 1.17. The lowest BCUT2D eigenvalue weighted by Gasteiger charge is -2.10. The third-order valence-corrected chi connectivity index (χ3v) is 1.84. The van der Waals surface area contributed by atoms with Gasteiger partial charge in [0.05, 0.1) is 5.56 Å². The first-order chi connectivity index (χ1) is 6.61. The molecule has 76 valence electrons. The molecule has 0 aromatic carbocycles. The monoisotopic (exact) mass is 201 g/mol. The van der Waals surface area contributed by atoms with Gasteiger partial charge in [-0.05, 0) is 5.56 Å². The van der Waals surface area contributed by atoms with Crippen molar-refractivity contribution in [3.63, 3.8) is 0 Å². The van der Waals surface area contributed by atoms with Crippen molar-refractivity contribution in [3.8, 4) is 0 Å². The van der Waals surface area contributed by atoms with Crippen molar-refractivity contribution in [1.29, 1.82) is 0 Å². The number of aromatic nitrogens is 1. The maximum atomic E-state index is 12.5. The zero-order chi connectivity index (χ0) is 10.7. The van der Waals surface area contributed by atoms with Crippen molar-refractivity contribution in [3.05, 3.63) is 22.9 Å². The number of pyridine rings is 1. The molecule has 0 atom stereocenters. The predicted octanol–water partition coefficient (Wildman–Crippen LogP) is 0.873. The highest BCUT2D eigenvalue weighted by molar-refractivity contribution is 5.78. The second-order valence-corrected chi connectivity index (χ2v) is 2.61. The van der Waals surface area contributed by atoms with E-state index in [2.05, 4.69) is 4.98 Å². The van der Waals surface area contributed by atoms with E-state index in [4.69, 9.17) is 11.5 Å². The minimum Gasteiger partial charge on any atom is -0.383 e. The van der Waals surface area contributed by atoms with Gasteiger partial charge in [-0.3, -0.25) is 4.79 Å². The van der Waals surface area contributed by atoms with Crippen molar-refractivity contribution >= 4 is 12.1 Å². The molecule has 0 aliphatic rings. The van der Waals surface area contributed by atoms with E-state index in [9.17, 15) is 13.6 Å². The van der Waals surface area contributed by atoms with Gasteiger partial charge in [0, 0.05) is 18.3 Å². The van der Waals surface area contributed by atoms with Crippen molar-refractivity contribution in [1.82, 2.24) is 4.98 Å². The van der Waals surface area contributed by atoms with Crippen LogP contribution in [-0.2, 0) is 6.54 Å². The van der Waals surface area contributed by atoms with Crippen LogP contribution in [-0.4, -0.2) is 11.3 Å². The highest BCUT2D eigenvalue weighted by Crippen LogP contribution is 2.28. The quantitative estimate of drug-likeness (QED) is 0.711. The SMILES string of the molecule is NCc1c(C=O)cnc(N)c1C(F)F. The molecule has 0 spiro atoms. The van der Waals surface area contributed by atoms with E-state index < -0.39 is 12.0 Å². The van der Waals surface area contributed by atoms with Gasteiger partial charge in [0.25, 0.3) is 6.43 Å². The van der Waals surface area contributed by atoms with Crippen LogP contribution in [0.15, 0.2) is 6.20 Å². The minimum absolute atomic E-state index is 0.0528. The van der Waals surface area contributed by atoms with E-state index in [0.29, 0.717) is 6.29 Å². The van der Waals surface area contributed by atoms with Gasteiger partial charge in [0.15, 0.2) is 6.29 Å². The fraction of sp³-hybridized carbons (Fsp3) is 0.250. The molecule has 1 aromatic heterocycles. The van der Waals surface area contributed by atoms with Gasteiger partial charge >= 0.3 is 0 Å². The Kier molecular flexibility index (Phi) is 3.08. The summed E-state index contributed by atoms with van der Waals surface area (Å²) in [6.07, 6.45) is -1.21. The van der Waals surface area contributed by atoms with Crippen LogP contribution in [0.2, 0.25) is 0 Å². The van der Waals surface area contributed by atoms with Crippen LogP contribution in [0.25, 0.3) is 0 Å². The van der Waals surface area contributed by atoms with Gasteiger partial charge in [0.1, 0.15) is 5.82 Å².